The zero-order valence-electron chi connectivity index (χ0n) is 16.3. The van der Waals surface area contributed by atoms with E-state index in [-0.39, 0.29) is 11.7 Å². The van der Waals surface area contributed by atoms with Crippen molar-refractivity contribution in [2.24, 2.45) is 0 Å². The van der Waals surface area contributed by atoms with E-state index in [0.717, 1.165) is 32.1 Å². The highest BCUT2D eigenvalue weighted by molar-refractivity contribution is 8.03. The molecule has 0 unspecified atom stereocenters. The Hall–Kier alpha value is -1.72. The van der Waals surface area contributed by atoms with Gasteiger partial charge in [-0.25, -0.2) is 0 Å². The molecule has 1 amide bonds. The van der Waals surface area contributed by atoms with Crippen LogP contribution in [-0.2, 0) is 11.0 Å². The fourth-order valence-electron chi connectivity index (χ4n) is 2.81. The van der Waals surface area contributed by atoms with Crippen LogP contribution in [-0.4, -0.2) is 58.7 Å². The van der Waals surface area contributed by atoms with Crippen molar-refractivity contribution in [1.29, 1.82) is 0 Å². The number of halogens is 3. The van der Waals surface area contributed by atoms with Gasteiger partial charge in [0.05, 0.1) is 11.3 Å². The Morgan fingerprint density at radius 3 is 2.37 bits per heavy atom. The molecular weight excluding hydrogens is 453 g/mol. The highest BCUT2D eigenvalue weighted by atomic mass is 32.2. The van der Waals surface area contributed by atoms with E-state index in [1.807, 2.05) is 11.8 Å². The molecule has 11 heteroatoms. The van der Waals surface area contributed by atoms with Crippen LogP contribution >= 0.6 is 34.9 Å². The topological polar surface area (TPSA) is 49.3 Å². The maximum Gasteiger partial charge on any atom is 0.416 e. The number of anilines is 1. The van der Waals surface area contributed by atoms with Crippen molar-refractivity contribution in [3.8, 4) is 0 Å². The van der Waals surface area contributed by atoms with E-state index in [2.05, 4.69) is 16.8 Å². The molecule has 1 aromatic heterocycles. The Labute approximate surface area is 185 Å². The van der Waals surface area contributed by atoms with Crippen LogP contribution in [0.2, 0.25) is 0 Å². The lowest BCUT2D eigenvalue weighted by Crippen LogP contribution is -2.49. The van der Waals surface area contributed by atoms with E-state index in [9.17, 15) is 18.0 Å². The number of hydrogen-bond donors (Lipinski definition) is 0. The van der Waals surface area contributed by atoms with Crippen LogP contribution in [0, 0.1) is 0 Å². The standard InChI is InChI=1S/C19H21F3N4OS3/c1-13(2)11-28-17-23-24-18(30-17)29-12-16(27)26-8-6-25(7-9-26)15-5-3-4-14(10-15)19(20,21)22/h3-5,10H,1,6-9,11-12H2,2H3. The molecule has 1 aliphatic heterocycles. The van der Waals surface area contributed by atoms with Crippen molar-refractivity contribution < 1.29 is 18.0 Å². The lowest BCUT2D eigenvalue weighted by molar-refractivity contribution is -0.137. The van der Waals surface area contributed by atoms with Gasteiger partial charge < -0.3 is 9.80 Å². The van der Waals surface area contributed by atoms with Crippen molar-refractivity contribution in [2.45, 2.75) is 21.8 Å². The average Bonchev–Trinajstić information content (AvgIpc) is 3.18. The van der Waals surface area contributed by atoms with E-state index in [1.165, 1.54) is 29.2 Å². The number of thioether (sulfide) groups is 2. The van der Waals surface area contributed by atoms with E-state index >= 15 is 0 Å². The van der Waals surface area contributed by atoms with Gasteiger partial charge >= 0.3 is 6.18 Å². The van der Waals surface area contributed by atoms with Crippen molar-refractivity contribution in [2.75, 3.05) is 42.6 Å². The molecular formula is C19H21F3N4OS3. The molecule has 1 aliphatic rings. The summed E-state index contributed by atoms with van der Waals surface area (Å²) in [4.78, 5) is 16.1. The second kappa shape index (κ2) is 10.1. The molecule has 1 aromatic carbocycles. The van der Waals surface area contributed by atoms with Gasteiger partial charge in [-0.2, -0.15) is 13.2 Å². The number of piperazine rings is 1. The summed E-state index contributed by atoms with van der Waals surface area (Å²) in [6.07, 6.45) is -4.36. The van der Waals surface area contributed by atoms with Crippen LogP contribution in [0.15, 0.2) is 45.1 Å². The molecule has 30 heavy (non-hydrogen) atoms. The third-order valence-corrected chi connectivity index (χ3v) is 7.73. The minimum Gasteiger partial charge on any atom is -0.368 e. The average molecular weight is 475 g/mol. The summed E-state index contributed by atoms with van der Waals surface area (Å²) in [5.74, 6) is 1.05. The number of amides is 1. The number of alkyl halides is 3. The first-order valence-corrected chi connectivity index (χ1v) is 11.9. The van der Waals surface area contributed by atoms with Crippen molar-refractivity contribution in [1.82, 2.24) is 15.1 Å². The minimum atomic E-state index is -4.36. The van der Waals surface area contributed by atoms with Gasteiger partial charge in [0.1, 0.15) is 0 Å². The van der Waals surface area contributed by atoms with Gasteiger partial charge in [-0.1, -0.05) is 53.1 Å². The maximum atomic E-state index is 12.9. The Morgan fingerprint density at radius 1 is 1.13 bits per heavy atom. The molecule has 0 spiro atoms. The molecule has 0 saturated carbocycles. The predicted octanol–water partition coefficient (Wildman–Crippen LogP) is 4.67. The largest absolute Gasteiger partial charge is 0.416 e. The smallest absolute Gasteiger partial charge is 0.368 e. The monoisotopic (exact) mass is 474 g/mol. The summed E-state index contributed by atoms with van der Waals surface area (Å²) in [5, 5.41) is 8.21. The van der Waals surface area contributed by atoms with Gasteiger partial charge in [-0.05, 0) is 25.1 Å². The number of aromatic nitrogens is 2. The van der Waals surface area contributed by atoms with E-state index in [0.29, 0.717) is 31.9 Å². The van der Waals surface area contributed by atoms with Gasteiger partial charge in [-0.15, -0.1) is 10.2 Å². The zero-order chi connectivity index (χ0) is 21.7. The number of carbonyl (C=O) groups is 1. The first kappa shape index (κ1) is 23.0. The van der Waals surface area contributed by atoms with E-state index in [1.54, 1.807) is 22.7 Å². The van der Waals surface area contributed by atoms with Gasteiger partial charge in [-0.3, -0.25) is 4.79 Å². The van der Waals surface area contributed by atoms with Crippen molar-refractivity contribution >= 4 is 46.5 Å². The summed E-state index contributed by atoms with van der Waals surface area (Å²) >= 11 is 4.39. The number of benzene rings is 1. The third kappa shape index (κ3) is 6.39. The summed E-state index contributed by atoms with van der Waals surface area (Å²) in [7, 11) is 0. The lowest BCUT2D eigenvalue weighted by Gasteiger charge is -2.36. The van der Waals surface area contributed by atoms with Crippen molar-refractivity contribution in [3.63, 3.8) is 0 Å². The first-order chi connectivity index (χ1) is 14.2. The maximum absolute atomic E-state index is 12.9. The highest BCUT2D eigenvalue weighted by Crippen LogP contribution is 2.32. The fraction of sp³-hybridized carbons (Fsp3) is 0.421. The summed E-state index contributed by atoms with van der Waals surface area (Å²) in [6, 6.07) is 5.31. The molecule has 0 bridgehead atoms. The summed E-state index contributed by atoms with van der Waals surface area (Å²) < 4.78 is 40.4. The normalized spacial score (nSPS) is 14.8. The molecule has 1 saturated heterocycles. The van der Waals surface area contributed by atoms with Gasteiger partial charge in [0.25, 0.3) is 0 Å². The lowest BCUT2D eigenvalue weighted by atomic mass is 10.1. The molecule has 2 heterocycles. The van der Waals surface area contributed by atoms with Gasteiger partial charge in [0, 0.05) is 37.6 Å². The van der Waals surface area contributed by atoms with Crippen molar-refractivity contribution in [3.05, 3.63) is 42.0 Å². The van der Waals surface area contributed by atoms with Crippen LogP contribution in [0.4, 0.5) is 18.9 Å². The summed E-state index contributed by atoms with van der Waals surface area (Å²) in [6.45, 7) is 7.76. The Balaban J connectivity index is 1.47. The summed E-state index contributed by atoms with van der Waals surface area (Å²) in [5.41, 5.74) is 0.927. The second-order valence-electron chi connectivity index (χ2n) is 6.78. The molecule has 3 rings (SSSR count). The molecule has 1 fully saturated rings. The van der Waals surface area contributed by atoms with Crippen LogP contribution in [0.1, 0.15) is 12.5 Å². The highest BCUT2D eigenvalue weighted by Gasteiger charge is 2.31. The molecule has 0 N–H and O–H groups in total. The number of carbonyl (C=O) groups excluding carboxylic acids is 1. The number of nitrogens with zero attached hydrogens (tertiary/aromatic N) is 4. The Morgan fingerprint density at radius 2 is 1.77 bits per heavy atom. The quantitative estimate of drug-likeness (QED) is 0.430. The van der Waals surface area contributed by atoms with Crippen LogP contribution in [0.3, 0.4) is 0 Å². The Bertz CT molecular complexity index is 895. The molecule has 0 radical (unpaired) electrons. The molecule has 0 atom stereocenters. The third-order valence-electron chi connectivity index (χ3n) is 4.32. The predicted molar refractivity (Wildman–Crippen MR) is 116 cm³/mol. The van der Waals surface area contributed by atoms with E-state index < -0.39 is 11.7 Å². The zero-order valence-corrected chi connectivity index (χ0v) is 18.8. The van der Waals surface area contributed by atoms with Crippen LogP contribution in [0.25, 0.3) is 0 Å². The first-order valence-electron chi connectivity index (χ1n) is 9.16. The fourth-order valence-corrected chi connectivity index (χ4v) is 5.57. The van der Waals surface area contributed by atoms with Crippen LogP contribution < -0.4 is 4.90 Å². The second-order valence-corrected chi connectivity index (χ2v) is 10.2. The minimum absolute atomic E-state index is 0.00460. The SMILES string of the molecule is C=C(C)CSc1nnc(SCC(=O)N2CCN(c3cccc(C(F)(F)F)c3)CC2)s1. The Kier molecular flexibility index (Phi) is 7.70. The molecule has 162 valence electrons. The van der Waals surface area contributed by atoms with E-state index in [4.69, 9.17) is 0 Å². The molecule has 2 aromatic rings. The van der Waals surface area contributed by atoms with Crippen LogP contribution in [0.5, 0.6) is 0 Å². The molecule has 5 nitrogen and oxygen atoms in total. The van der Waals surface area contributed by atoms with Gasteiger partial charge in [0.2, 0.25) is 5.91 Å². The number of rotatable bonds is 7. The molecule has 0 aliphatic carbocycles. The number of hydrogen-bond acceptors (Lipinski definition) is 7. The van der Waals surface area contributed by atoms with Gasteiger partial charge in [0.15, 0.2) is 8.68 Å².